The lowest BCUT2D eigenvalue weighted by atomic mass is 9.96. The average molecular weight is 286 g/mol. The van der Waals surface area contributed by atoms with Crippen molar-refractivity contribution in [3.8, 4) is 0 Å². The molecule has 0 bridgehead atoms. The Kier molecular flexibility index (Phi) is 4.47. The van der Waals surface area contributed by atoms with Crippen molar-refractivity contribution in [3.63, 3.8) is 0 Å². The molecule has 1 amide bonds. The van der Waals surface area contributed by atoms with E-state index < -0.39 is 0 Å². The van der Waals surface area contributed by atoms with E-state index in [4.69, 9.17) is 0 Å². The van der Waals surface area contributed by atoms with Gasteiger partial charge in [0.15, 0.2) is 0 Å². The number of nitrogens with zero attached hydrogens (tertiary/aromatic N) is 1. The average Bonchev–Trinajstić information content (AvgIpc) is 2.76. The molecule has 2 unspecified atom stereocenters. The van der Waals surface area contributed by atoms with Gasteiger partial charge in [-0.15, -0.1) is 0 Å². The smallest absolute Gasteiger partial charge is 0.223 e. The number of anilines is 1. The fraction of sp³-hybridized carbons (Fsp3) is 0.611. The highest BCUT2D eigenvalue weighted by Gasteiger charge is 2.29. The van der Waals surface area contributed by atoms with Crippen molar-refractivity contribution in [1.82, 2.24) is 4.90 Å². The van der Waals surface area contributed by atoms with Crippen LogP contribution in [0.15, 0.2) is 24.3 Å². The Bertz CT molecular complexity index is 500. The van der Waals surface area contributed by atoms with Crippen molar-refractivity contribution in [2.45, 2.75) is 57.4 Å². The molecule has 1 saturated heterocycles. The molecule has 0 saturated carbocycles. The number of likely N-dealkylation sites (tertiary alicyclic amines) is 1. The maximum Gasteiger partial charge on any atom is 0.223 e. The minimum absolute atomic E-state index is 0.342. The van der Waals surface area contributed by atoms with Gasteiger partial charge in [-0.2, -0.15) is 0 Å². The van der Waals surface area contributed by atoms with E-state index in [1.807, 2.05) is 0 Å². The van der Waals surface area contributed by atoms with Gasteiger partial charge in [0.05, 0.1) is 0 Å². The maximum atomic E-state index is 12.8. The zero-order chi connectivity index (χ0) is 14.7. The number of fused-ring (bicyclic) bond motifs is 1. The highest BCUT2D eigenvalue weighted by atomic mass is 16.2. The summed E-state index contributed by atoms with van der Waals surface area (Å²) in [6.45, 7) is 4.07. The molecular formula is C18H26N2O. The van der Waals surface area contributed by atoms with Crippen molar-refractivity contribution in [2.24, 2.45) is 0 Å². The second-order valence-electron chi connectivity index (χ2n) is 6.37. The van der Waals surface area contributed by atoms with Crippen molar-refractivity contribution in [1.29, 1.82) is 0 Å². The third-order valence-corrected chi connectivity index (χ3v) is 5.03. The van der Waals surface area contributed by atoms with Crippen LogP contribution in [0.1, 0.15) is 56.9 Å². The molecule has 1 aromatic carbocycles. The number of hydrogen-bond acceptors (Lipinski definition) is 2. The van der Waals surface area contributed by atoms with Crippen LogP contribution in [0.25, 0.3) is 0 Å². The summed E-state index contributed by atoms with van der Waals surface area (Å²) < 4.78 is 0. The van der Waals surface area contributed by atoms with Crippen molar-refractivity contribution < 1.29 is 4.79 Å². The van der Waals surface area contributed by atoms with Crippen LogP contribution in [0.3, 0.4) is 0 Å². The molecule has 21 heavy (non-hydrogen) atoms. The minimum atomic E-state index is 0.342. The minimum Gasteiger partial charge on any atom is -0.384 e. The molecule has 114 valence electrons. The summed E-state index contributed by atoms with van der Waals surface area (Å²) in [5, 5.41) is 3.43. The zero-order valence-corrected chi connectivity index (χ0v) is 13.0. The topological polar surface area (TPSA) is 32.3 Å². The van der Waals surface area contributed by atoms with Crippen LogP contribution in [0.5, 0.6) is 0 Å². The van der Waals surface area contributed by atoms with Gasteiger partial charge in [-0.3, -0.25) is 4.79 Å². The second-order valence-corrected chi connectivity index (χ2v) is 6.37. The first-order valence-corrected chi connectivity index (χ1v) is 8.42. The Balaban J connectivity index is 1.68. The molecule has 0 aliphatic carbocycles. The molecule has 0 radical (unpaired) electrons. The quantitative estimate of drug-likeness (QED) is 0.917. The normalized spacial score (nSPS) is 25.1. The molecule has 2 heterocycles. The van der Waals surface area contributed by atoms with Crippen LogP contribution in [0, 0.1) is 0 Å². The number of hydrogen-bond donors (Lipinski definition) is 1. The molecule has 2 aliphatic heterocycles. The molecule has 2 atom stereocenters. The molecule has 3 nitrogen and oxygen atoms in total. The van der Waals surface area contributed by atoms with E-state index in [1.165, 1.54) is 36.9 Å². The number of carbonyl (C=O) groups is 1. The number of amides is 1. The molecular weight excluding hydrogens is 260 g/mol. The molecule has 0 spiro atoms. The monoisotopic (exact) mass is 286 g/mol. The first kappa shape index (κ1) is 14.4. The zero-order valence-electron chi connectivity index (χ0n) is 13.0. The number of rotatable bonds is 3. The van der Waals surface area contributed by atoms with Gasteiger partial charge < -0.3 is 10.2 Å². The van der Waals surface area contributed by atoms with E-state index in [0.717, 1.165) is 19.5 Å². The molecule has 1 aromatic rings. The van der Waals surface area contributed by atoms with Gasteiger partial charge in [0, 0.05) is 37.2 Å². The third kappa shape index (κ3) is 3.07. The second kappa shape index (κ2) is 6.50. The van der Waals surface area contributed by atoms with E-state index in [1.54, 1.807) is 0 Å². The Morgan fingerprint density at radius 2 is 2.14 bits per heavy atom. The van der Waals surface area contributed by atoms with Crippen molar-refractivity contribution in [3.05, 3.63) is 29.8 Å². The van der Waals surface area contributed by atoms with Crippen LogP contribution >= 0.6 is 0 Å². The van der Waals surface area contributed by atoms with E-state index in [2.05, 4.69) is 41.4 Å². The van der Waals surface area contributed by atoms with Gasteiger partial charge in [-0.05, 0) is 30.9 Å². The Labute approximate surface area is 127 Å². The van der Waals surface area contributed by atoms with Gasteiger partial charge in [0.2, 0.25) is 5.91 Å². The van der Waals surface area contributed by atoms with Crippen molar-refractivity contribution >= 4 is 11.6 Å². The van der Waals surface area contributed by atoms with Crippen LogP contribution in [0.2, 0.25) is 0 Å². The van der Waals surface area contributed by atoms with E-state index in [9.17, 15) is 4.79 Å². The summed E-state index contributed by atoms with van der Waals surface area (Å²) in [7, 11) is 0. The van der Waals surface area contributed by atoms with Gasteiger partial charge in [-0.25, -0.2) is 0 Å². The first-order valence-electron chi connectivity index (χ1n) is 8.42. The Hall–Kier alpha value is -1.51. The number of para-hydroxylation sites is 1. The maximum absolute atomic E-state index is 12.8. The molecule has 0 aromatic heterocycles. The Morgan fingerprint density at radius 1 is 1.29 bits per heavy atom. The standard InChI is InChI=1S/C18H26N2O/c1-2-15-8-4-3-7-11-20(15)18(21)12-14-13-19-17-10-6-5-9-16(14)17/h5-6,9-10,14-15,19H,2-4,7-8,11-13H2,1H3. The van der Waals surface area contributed by atoms with E-state index in [0.29, 0.717) is 24.3 Å². The van der Waals surface area contributed by atoms with Gasteiger partial charge in [-0.1, -0.05) is 38.0 Å². The van der Waals surface area contributed by atoms with Gasteiger partial charge in [0.1, 0.15) is 0 Å². The van der Waals surface area contributed by atoms with Gasteiger partial charge in [0.25, 0.3) is 0 Å². The predicted molar refractivity (Wildman–Crippen MR) is 86.5 cm³/mol. The number of benzene rings is 1. The van der Waals surface area contributed by atoms with E-state index in [-0.39, 0.29) is 0 Å². The highest BCUT2D eigenvalue weighted by Crippen LogP contribution is 2.34. The molecule has 1 fully saturated rings. The summed E-state index contributed by atoms with van der Waals surface area (Å²) in [4.78, 5) is 15.0. The fourth-order valence-corrected chi connectivity index (χ4v) is 3.80. The van der Waals surface area contributed by atoms with Crippen LogP contribution in [-0.4, -0.2) is 29.9 Å². The third-order valence-electron chi connectivity index (χ3n) is 5.03. The summed E-state index contributed by atoms with van der Waals surface area (Å²) in [5.41, 5.74) is 2.52. The summed E-state index contributed by atoms with van der Waals surface area (Å²) in [5.74, 6) is 0.696. The molecule has 3 heteroatoms. The van der Waals surface area contributed by atoms with Gasteiger partial charge >= 0.3 is 0 Å². The molecule has 2 aliphatic rings. The molecule has 3 rings (SSSR count). The SMILES string of the molecule is CCC1CCCCCN1C(=O)CC1CNc2ccccc21. The predicted octanol–water partition coefficient (Wildman–Crippen LogP) is 3.77. The summed E-state index contributed by atoms with van der Waals surface area (Å²) >= 11 is 0. The van der Waals surface area contributed by atoms with E-state index >= 15 is 0 Å². The van der Waals surface area contributed by atoms with Crippen LogP contribution in [0.4, 0.5) is 5.69 Å². The first-order chi connectivity index (χ1) is 10.3. The Morgan fingerprint density at radius 3 is 3.00 bits per heavy atom. The summed E-state index contributed by atoms with van der Waals surface area (Å²) in [6.07, 6.45) is 6.64. The lowest BCUT2D eigenvalue weighted by Crippen LogP contribution is -2.40. The number of nitrogens with one attached hydrogen (secondary N) is 1. The van der Waals surface area contributed by atoms with Crippen LogP contribution < -0.4 is 5.32 Å². The largest absolute Gasteiger partial charge is 0.384 e. The van der Waals surface area contributed by atoms with Crippen LogP contribution in [-0.2, 0) is 4.79 Å². The lowest BCUT2D eigenvalue weighted by molar-refractivity contribution is -0.133. The van der Waals surface area contributed by atoms with Crippen molar-refractivity contribution in [2.75, 3.05) is 18.4 Å². The highest BCUT2D eigenvalue weighted by molar-refractivity contribution is 5.78. The molecule has 1 N–H and O–H groups in total. The summed E-state index contributed by atoms with van der Waals surface area (Å²) in [6, 6.07) is 8.86. The fourth-order valence-electron chi connectivity index (χ4n) is 3.80. The number of carbonyl (C=O) groups excluding carboxylic acids is 1. The lowest BCUT2D eigenvalue weighted by Gasteiger charge is -2.30.